The van der Waals surface area contributed by atoms with Gasteiger partial charge in [0, 0.05) is 25.3 Å². The Morgan fingerprint density at radius 1 is 1.09 bits per heavy atom. The second-order valence-corrected chi connectivity index (χ2v) is 5.53. The maximum absolute atomic E-state index is 14.1. The number of likely N-dealkylation sites (N-methyl/N-ethyl adjacent to an activating group) is 1. The van der Waals surface area contributed by atoms with E-state index in [1.54, 1.807) is 12.1 Å². The van der Waals surface area contributed by atoms with Crippen molar-refractivity contribution >= 4 is 22.4 Å². The maximum atomic E-state index is 14.1. The Bertz CT molecular complexity index is 786. The Morgan fingerprint density at radius 2 is 1.87 bits per heavy atom. The van der Waals surface area contributed by atoms with Crippen LogP contribution >= 0.6 is 0 Å². The van der Waals surface area contributed by atoms with Gasteiger partial charge in [0.05, 0.1) is 10.9 Å². The fourth-order valence-corrected chi connectivity index (χ4v) is 2.50. The molecule has 1 heterocycles. The number of anilines is 2. The van der Waals surface area contributed by atoms with Gasteiger partial charge in [-0.15, -0.1) is 0 Å². The number of hydrogen-bond donors (Lipinski definition) is 1. The lowest BCUT2D eigenvalue weighted by molar-refractivity contribution is 0.639. The van der Waals surface area contributed by atoms with Crippen molar-refractivity contribution in [3.05, 3.63) is 60.7 Å². The fraction of sp³-hybridized carbons (Fsp3) is 0.222. The summed E-state index contributed by atoms with van der Waals surface area (Å²) in [5, 5.41) is 3.68. The predicted octanol–water partition coefficient (Wildman–Crippen LogP) is 3.71. The highest BCUT2D eigenvalue weighted by Crippen LogP contribution is 2.22. The number of benzene rings is 2. The average molecular weight is 310 g/mol. The molecular formula is C18H19FN4. The van der Waals surface area contributed by atoms with Crippen LogP contribution in [-0.2, 0) is 0 Å². The number of rotatable bonds is 5. The van der Waals surface area contributed by atoms with Gasteiger partial charge in [-0.25, -0.2) is 14.4 Å². The first-order chi connectivity index (χ1) is 11.2. The molecule has 0 saturated carbocycles. The second kappa shape index (κ2) is 6.60. The highest BCUT2D eigenvalue weighted by Gasteiger charge is 2.12. The van der Waals surface area contributed by atoms with Crippen LogP contribution in [0, 0.1) is 5.82 Å². The molecule has 1 N–H and O–H groups in total. The maximum Gasteiger partial charge on any atom is 0.140 e. The zero-order chi connectivity index (χ0) is 16.2. The van der Waals surface area contributed by atoms with Crippen molar-refractivity contribution < 1.29 is 4.39 Å². The molecule has 5 heteroatoms. The van der Waals surface area contributed by atoms with Gasteiger partial charge in [0.25, 0.3) is 0 Å². The largest absolute Gasteiger partial charge is 0.370 e. The van der Waals surface area contributed by atoms with Crippen LogP contribution in [0.25, 0.3) is 10.9 Å². The minimum Gasteiger partial charge on any atom is -0.370 e. The molecule has 1 aromatic heterocycles. The Labute approximate surface area is 135 Å². The number of nitrogens with zero attached hydrogens (tertiary/aromatic N) is 3. The van der Waals surface area contributed by atoms with E-state index >= 15 is 0 Å². The first kappa shape index (κ1) is 15.2. The highest BCUT2D eigenvalue weighted by atomic mass is 19.1. The molecule has 0 aliphatic carbocycles. The van der Waals surface area contributed by atoms with Crippen LogP contribution in [0.4, 0.5) is 15.9 Å². The van der Waals surface area contributed by atoms with E-state index in [-0.39, 0.29) is 11.9 Å². The first-order valence-electron chi connectivity index (χ1n) is 7.58. The van der Waals surface area contributed by atoms with Crippen molar-refractivity contribution in [2.45, 2.75) is 13.0 Å². The van der Waals surface area contributed by atoms with E-state index in [1.807, 2.05) is 25.2 Å². The Hall–Kier alpha value is -2.69. The molecule has 4 nitrogen and oxygen atoms in total. The molecule has 0 aliphatic heterocycles. The summed E-state index contributed by atoms with van der Waals surface area (Å²) in [4.78, 5) is 10.5. The highest BCUT2D eigenvalue weighted by molar-refractivity contribution is 5.89. The molecule has 0 radical (unpaired) electrons. The van der Waals surface area contributed by atoms with Gasteiger partial charge < -0.3 is 10.2 Å². The number of para-hydroxylation sites is 1. The molecule has 23 heavy (non-hydrogen) atoms. The van der Waals surface area contributed by atoms with Crippen LogP contribution in [0.3, 0.4) is 0 Å². The lowest BCUT2D eigenvalue weighted by atomic mass is 10.2. The third kappa shape index (κ3) is 3.23. The van der Waals surface area contributed by atoms with Crippen molar-refractivity contribution in [2.75, 3.05) is 23.8 Å². The molecule has 1 atom stereocenters. The topological polar surface area (TPSA) is 41.1 Å². The molecule has 0 spiro atoms. The zero-order valence-corrected chi connectivity index (χ0v) is 13.2. The molecule has 2 aromatic carbocycles. The summed E-state index contributed by atoms with van der Waals surface area (Å²) in [6.45, 7) is 2.76. The number of fused-ring (bicyclic) bond motifs is 1. The number of aromatic nitrogens is 2. The number of halogens is 1. The molecule has 0 fully saturated rings. The van der Waals surface area contributed by atoms with E-state index in [4.69, 9.17) is 0 Å². The smallest absolute Gasteiger partial charge is 0.140 e. The SMILES string of the molecule is CC(CNc1ncnc2cccc(F)c12)N(C)c1ccccc1. The van der Waals surface area contributed by atoms with Crippen molar-refractivity contribution in [1.29, 1.82) is 0 Å². The van der Waals surface area contributed by atoms with E-state index in [0.29, 0.717) is 23.3 Å². The van der Waals surface area contributed by atoms with E-state index in [9.17, 15) is 4.39 Å². The van der Waals surface area contributed by atoms with Gasteiger partial charge in [0.15, 0.2) is 0 Å². The van der Waals surface area contributed by atoms with Crippen LogP contribution in [0.1, 0.15) is 6.92 Å². The lowest BCUT2D eigenvalue weighted by Gasteiger charge is -2.27. The molecular weight excluding hydrogens is 291 g/mol. The molecule has 0 aliphatic rings. The minimum absolute atomic E-state index is 0.217. The van der Waals surface area contributed by atoms with Crippen molar-refractivity contribution in [3.63, 3.8) is 0 Å². The van der Waals surface area contributed by atoms with Gasteiger partial charge in [-0.1, -0.05) is 24.3 Å². The summed E-state index contributed by atoms with van der Waals surface area (Å²) in [5.74, 6) is 0.219. The summed E-state index contributed by atoms with van der Waals surface area (Å²) in [7, 11) is 2.04. The van der Waals surface area contributed by atoms with E-state index in [0.717, 1.165) is 5.69 Å². The number of nitrogens with one attached hydrogen (secondary N) is 1. The fourth-order valence-electron chi connectivity index (χ4n) is 2.50. The lowest BCUT2D eigenvalue weighted by Crippen LogP contribution is -2.35. The number of hydrogen-bond acceptors (Lipinski definition) is 4. The van der Waals surface area contributed by atoms with Crippen LogP contribution in [0.15, 0.2) is 54.9 Å². The predicted molar refractivity (Wildman–Crippen MR) is 92.3 cm³/mol. The van der Waals surface area contributed by atoms with Gasteiger partial charge >= 0.3 is 0 Å². The van der Waals surface area contributed by atoms with Gasteiger partial charge in [0.1, 0.15) is 18.0 Å². The van der Waals surface area contributed by atoms with Gasteiger partial charge in [-0.3, -0.25) is 0 Å². The zero-order valence-electron chi connectivity index (χ0n) is 13.2. The quantitative estimate of drug-likeness (QED) is 0.780. The summed E-state index contributed by atoms with van der Waals surface area (Å²) < 4.78 is 14.1. The minimum atomic E-state index is -0.310. The molecule has 118 valence electrons. The molecule has 0 bridgehead atoms. The van der Waals surface area contributed by atoms with Gasteiger partial charge in [0.2, 0.25) is 0 Å². The van der Waals surface area contributed by atoms with Gasteiger partial charge in [-0.2, -0.15) is 0 Å². The normalized spacial score (nSPS) is 12.1. The Balaban J connectivity index is 1.76. The first-order valence-corrected chi connectivity index (χ1v) is 7.58. The van der Waals surface area contributed by atoms with Crippen LogP contribution in [0.5, 0.6) is 0 Å². The summed E-state index contributed by atoms with van der Waals surface area (Å²) in [6.07, 6.45) is 1.45. The standard InChI is InChI=1S/C18H19FN4/c1-13(23(2)14-7-4-3-5-8-14)11-20-18-17-15(19)9-6-10-16(17)21-12-22-18/h3-10,12-13H,11H2,1-2H3,(H,20,21,22). The molecule has 3 aromatic rings. The third-order valence-electron chi connectivity index (χ3n) is 4.00. The monoisotopic (exact) mass is 310 g/mol. The van der Waals surface area contributed by atoms with E-state index in [1.165, 1.54) is 12.4 Å². The van der Waals surface area contributed by atoms with Crippen molar-refractivity contribution in [2.24, 2.45) is 0 Å². The van der Waals surface area contributed by atoms with Gasteiger partial charge in [-0.05, 0) is 31.2 Å². The Kier molecular flexibility index (Phi) is 4.37. The molecule has 0 amide bonds. The third-order valence-corrected chi connectivity index (χ3v) is 4.00. The molecule has 1 unspecified atom stereocenters. The second-order valence-electron chi connectivity index (χ2n) is 5.53. The molecule has 3 rings (SSSR count). The van der Waals surface area contributed by atoms with Crippen LogP contribution in [-0.4, -0.2) is 29.6 Å². The Morgan fingerprint density at radius 3 is 2.65 bits per heavy atom. The summed E-state index contributed by atoms with van der Waals surface area (Å²) in [5.41, 5.74) is 1.74. The summed E-state index contributed by atoms with van der Waals surface area (Å²) >= 11 is 0. The van der Waals surface area contributed by atoms with E-state index < -0.39 is 0 Å². The average Bonchev–Trinajstić information content (AvgIpc) is 2.60. The van der Waals surface area contributed by atoms with Crippen LogP contribution < -0.4 is 10.2 Å². The van der Waals surface area contributed by atoms with E-state index in [2.05, 4.69) is 39.2 Å². The summed E-state index contributed by atoms with van der Waals surface area (Å²) in [6, 6.07) is 15.2. The van der Waals surface area contributed by atoms with Crippen molar-refractivity contribution in [3.8, 4) is 0 Å². The van der Waals surface area contributed by atoms with Crippen LogP contribution in [0.2, 0.25) is 0 Å². The molecule has 0 saturated heterocycles. The van der Waals surface area contributed by atoms with Crippen molar-refractivity contribution in [1.82, 2.24) is 9.97 Å².